The van der Waals surface area contributed by atoms with Gasteiger partial charge in [0.25, 0.3) is 5.69 Å². The first-order chi connectivity index (χ1) is 14.3. The van der Waals surface area contributed by atoms with Gasteiger partial charge in [-0.15, -0.1) is 0 Å². The summed E-state index contributed by atoms with van der Waals surface area (Å²) in [5, 5.41) is 20.8. The molecule has 1 N–H and O–H groups in total. The van der Waals surface area contributed by atoms with Crippen LogP contribution in [0.1, 0.15) is 51.4 Å². The van der Waals surface area contributed by atoms with Crippen molar-refractivity contribution in [2.75, 3.05) is 0 Å². The van der Waals surface area contributed by atoms with E-state index in [1.165, 1.54) is 12.3 Å². The Bertz CT molecular complexity index is 1200. The summed E-state index contributed by atoms with van der Waals surface area (Å²) in [6, 6.07) is 14.1. The predicted octanol–water partition coefficient (Wildman–Crippen LogP) is 5.02. The predicted molar refractivity (Wildman–Crippen MR) is 113 cm³/mol. The second-order valence-corrected chi connectivity index (χ2v) is 7.43. The van der Waals surface area contributed by atoms with Gasteiger partial charge in [-0.2, -0.15) is 0 Å². The number of hydrogen-bond acceptors (Lipinski definition) is 5. The number of benzene rings is 2. The average Bonchev–Trinajstić information content (AvgIpc) is 2.73. The number of pyridine rings is 1. The Balaban J connectivity index is 1.96. The zero-order valence-corrected chi connectivity index (χ0v) is 16.4. The van der Waals surface area contributed by atoms with Gasteiger partial charge in [0.2, 0.25) is 0 Å². The Morgan fingerprint density at radius 2 is 1.83 bits per heavy atom. The van der Waals surface area contributed by atoms with Gasteiger partial charge < -0.3 is 5.11 Å². The highest BCUT2D eigenvalue weighted by Gasteiger charge is 2.35. The topological polar surface area (TPSA) is 106 Å². The van der Waals surface area contributed by atoms with Crippen LogP contribution in [0.25, 0.3) is 0 Å². The fourth-order valence-electron chi connectivity index (χ4n) is 4.09. The van der Waals surface area contributed by atoms with Crippen LogP contribution in [0.2, 0.25) is 0 Å². The Morgan fingerprint density at radius 1 is 1.03 bits per heavy atom. The number of aromatic nitrogens is 1. The van der Waals surface area contributed by atoms with E-state index in [0.717, 1.165) is 28.1 Å². The fraction of sp³-hybridized carbons (Fsp3) is 0.174. The second kappa shape index (κ2) is 7.51. The molecule has 3 aromatic rings. The van der Waals surface area contributed by atoms with Crippen molar-refractivity contribution in [2.24, 2.45) is 4.99 Å². The van der Waals surface area contributed by atoms with E-state index in [4.69, 9.17) is 4.99 Å². The first-order valence-electron chi connectivity index (χ1n) is 9.43. The number of carbonyl (C=O) groups is 1. The van der Waals surface area contributed by atoms with Crippen LogP contribution in [0.15, 0.2) is 65.9 Å². The molecule has 150 valence electrons. The molecule has 30 heavy (non-hydrogen) atoms. The maximum atomic E-state index is 11.5. The summed E-state index contributed by atoms with van der Waals surface area (Å²) >= 11 is 0. The van der Waals surface area contributed by atoms with Crippen molar-refractivity contribution in [3.05, 3.63) is 98.9 Å². The van der Waals surface area contributed by atoms with E-state index in [1.807, 2.05) is 38.1 Å². The first-order valence-corrected chi connectivity index (χ1v) is 9.43. The standard InChI is InChI=1S/C23H19N3O4/c1-13-6-7-20-19(8-13)22(15-4-3-5-18(10-15)26(29)30)21(14(2)25-20)16-9-17(23(27)28)12-24-11-16/h3-12,21-22H,1-2H3,(H,27,28). The molecule has 4 rings (SSSR count). The maximum absolute atomic E-state index is 11.5. The molecule has 0 saturated carbocycles. The number of aromatic carboxylic acids is 1. The van der Waals surface area contributed by atoms with Crippen LogP contribution < -0.4 is 0 Å². The van der Waals surface area contributed by atoms with Crippen LogP contribution >= 0.6 is 0 Å². The van der Waals surface area contributed by atoms with Crippen molar-refractivity contribution in [3.63, 3.8) is 0 Å². The van der Waals surface area contributed by atoms with Gasteiger partial charge in [-0.05, 0) is 42.7 Å². The summed E-state index contributed by atoms with van der Waals surface area (Å²) in [5.41, 5.74) is 5.20. The van der Waals surface area contributed by atoms with Gasteiger partial charge in [0.1, 0.15) is 0 Å². The summed E-state index contributed by atoms with van der Waals surface area (Å²) in [5.74, 6) is -1.62. The number of carboxylic acids is 1. The van der Waals surface area contributed by atoms with Crippen LogP contribution in [0.4, 0.5) is 11.4 Å². The lowest BCUT2D eigenvalue weighted by molar-refractivity contribution is -0.384. The third-order valence-electron chi connectivity index (χ3n) is 5.40. The molecular weight excluding hydrogens is 382 g/mol. The van der Waals surface area contributed by atoms with Crippen LogP contribution in [0, 0.1) is 17.0 Å². The van der Waals surface area contributed by atoms with Gasteiger partial charge in [-0.3, -0.25) is 20.1 Å². The zero-order chi connectivity index (χ0) is 21.4. The molecule has 7 heteroatoms. The molecule has 2 heterocycles. The Labute approximate surface area is 172 Å². The van der Waals surface area contributed by atoms with E-state index in [0.29, 0.717) is 5.56 Å². The number of aryl methyl sites for hydroxylation is 1. The van der Waals surface area contributed by atoms with E-state index in [1.54, 1.807) is 24.4 Å². The molecule has 1 aliphatic heterocycles. The maximum Gasteiger partial charge on any atom is 0.337 e. The van der Waals surface area contributed by atoms with Crippen molar-refractivity contribution in [1.82, 2.24) is 4.98 Å². The van der Waals surface area contributed by atoms with Crippen LogP contribution in [0.5, 0.6) is 0 Å². The highest BCUT2D eigenvalue weighted by molar-refractivity contribution is 5.96. The third kappa shape index (κ3) is 3.45. The lowest BCUT2D eigenvalue weighted by atomic mass is 9.72. The molecule has 1 aromatic heterocycles. The average molecular weight is 401 g/mol. The van der Waals surface area contributed by atoms with Gasteiger partial charge in [0.05, 0.1) is 16.2 Å². The van der Waals surface area contributed by atoms with Crippen molar-refractivity contribution < 1.29 is 14.8 Å². The molecule has 2 unspecified atom stereocenters. The molecule has 0 radical (unpaired) electrons. The van der Waals surface area contributed by atoms with Gasteiger partial charge in [0.15, 0.2) is 0 Å². The van der Waals surface area contributed by atoms with E-state index in [-0.39, 0.29) is 23.1 Å². The molecule has 0 spiro atoms. The van der Waals surface area contributed by atoms with Crippen molar-refractivity contribution in [1.29, 1.82) is 0 Å². The second-order valence-electron chi connectivity index (χ2n) is 7.43. The Morgan fingerprint density at radius 3 is 2.57 bits per heavy atom. The molecule has 0 aliphatic carbocycles. The number of carboxylic acid groups (broad SMARTS) is 1. The van der Waals surface area contributed by atoms with Gasteiger partial charge in [-0.25, -0.2) is 4.79 Å². The number of fused-ring (bicyclic) bond motifs is 1. The van der Waals surface area contributed by atoms with E-state index >= 15 is 0 Å². The fourth-order valence-corrected chi connectivity index (χ4v) is 4.09. The minimum Gasteiger partial charge on any atom is -0.478 e. The number of nitrogens with zero attached hydrogens (tertiary/aromatic N) is 3. The van der Waals surface area contributed by atoms with E-state index in [2.05, 4.69) is 4.98 Å². The molecule has 1 aliphatic rings. The Hall–Kier alpha value is -3.87. The first kappa shape index (κ1) is 19.4. The summed E-state index contributed by atoms with van der Waals surface area (Å²) in [6.07, 6.45) is 2.95. The third-order valence-corrected chi connectivity index (χ3v) is 5.40. The van der Waals surface area contributed by atoms with Crippen molar-refractivity contribution in [3.8, 4) is 0 Å². The minimum absolute atomic E-state index is 0.0121. The lowest BCUT2D eigenvalue weighted by Gasteiger charge is -2.33. The number of nitro groups is 1. The smallest absolute Gasteiger partial charge is 0.337 e. The molecular formula is C23H19N3O4. The number of non-ortho nitro benzene ring substituents is 1. The van der Waals surface area contributed by atoms with Gasteiger partial charge >= 0.3 is 5.97 Å². The van der Waals surface area contributed by atoms with Crippen molar-refractivity contribution in [2.45, 2.75) is 25.7 Å². The van der Waals surface area contributed by atoms with E-state index < -0.39 is 10.9 Å². The largest absolute Gasteiger partial charge is 0.478 e. The molecule has 0 bridgehead atoms. The molecule has 0 saturated heterocycles. The summed E-state index contributed by atoms with van der Waals surface area (Å²) in [6.45, 7) is 3.88. The molecule has 2 aromatic carbocycles. The highest BCUT2D eigenvalue weighted by Crippen LogP contribution is 2.47. The zero-order valence-electron chi connectivity index (χ0n) is 16.4. The molecule has 7 nitrogen and oxygen atoms in total. The number of hydrogen-bond donors (Lipinski definition) is 1. The summed E-state index contributed by atoms with van der Waals surface area (Å²) in [4.78, 5) is 31.3. The number of aliphatic imine (C=N–C) groups is 1. The van der Waals surface area contributed by atoms with Gasteiger partial charge in [0, 0.05) is 42.1 Å². The van der Waals surface area contributed by atoms with Crippen molar-refractivity contribution >= 4 is 23.1 Å². The number of nitro benzene ring substituents is 1. The van der Waals surface area contributed by atoms with Crippen LogP contribution in [-0.4, -0.2) is 26.7 Å². The quantitative estimate of drug-likeness (QED) is 0.488. The van der Waals surface area contributed by atoms with E-state index in [9.17, 15) is 20.0 Å². The van der Waals surface area contributed by atoms with Crippen LogP contribution in [-0.2, 0) is 0 Å². The molecule has 2 atom stereocenters. The Kier molecular flexibility index (Phi) is 4.87. The summed E-state index contributed by atoms with van der Waals surface area (Å²) < 4.78 is 0. The minimum atomic E-state index is -1.06. The van der Waals surface area contributed by atoms with Crippen LogP contribution in [0.3, 0.4) is 0 Å². The molecule has 0 fully saturated rings. The SMILES string of the molecule is CC1=Nc2ccc(C)cc2C(c2cccc([N+](=O)[O-])c2)C1c1cncc(C(=O)O)c1. The normalized spacial score (nSPS) is 17.7. The van der Waals surface area contributed by atoms with Gasteiger partial charge in [-0.1, -0.05) is 29.8 Å². The lowest BCUT2D eigenvalue weighted by Crippen LogP contribution is -2.23. The number of rotatable bonds is 4. The highest BCUT2D eigenvalue weighted by atomic mass is 16.6. The summed E-state index contributed by atoms with van der Waals surface area (Å²) in [7, 11) is 0. The molecule has 0 amide bonds. The monoisotopic (exact) mass is 401 g/mol.